The van der Waals surface area contributed by atoms with Gasteiger partial charge < -0.3 is 19.9 Å². The summed E-state index contributed by atoms with van der Waals surface area (Å²) in [6.45, 7) is 8.71. The first-order valence-electron chi connectivity index (χ1n) is 11.3. The number of hydrogen-bond donors (Lipinski definition) is 1. The number of para-hydroxylation sites is 1. The second-order valence-corrected chi connectivity index (χ2v) is 8.11. The molecule has 0 saturated carbocycles. The number of nitrogens with one attached hydrogen (secondary N) is 1. The number of hydrogen-bond acceptors (Lipinski definition) is 3. The van der Waals surface area contributed by atoms with Crippen molar-refractivity contribution < 1.29 is 4.74 Å². The molecule has 0 radical (unpaired) electrons. The van der Waals surface area contributed by atoms with E-state index in [0.29, 0.717) is 5.92 Å². The SMILES string of the molecule is CCNC(=NCC1CCCOC1c1ccccc1)N1CCN(c2ccccc2)CC1.I. The average Bonchev–Trinajstić information content (AvgIpc) is 2.83. The standard InChI is InChI=1S/C25H34N4O.HI/c1-2-26-25(29-17-15-28(16-18-29)23-13-7-4-8-14-23)27-20-22-12-9-19-30-24(22)21-10-5-3-6-11-21;/h3-8,10-11,13-14,22,24H,2,9,12,15-20H2,1H3,(H,26,27);1H. The summed E-state index contributed by atoms with van der Waals surface area (Å²) in [5.41, 5.74) is 2.59. The molecule has 31 heavy (non-hydrogen) atoms. The molecule has 0 aromatic heterocycles. The van der Waals surface area contributed by atoms with Gasteiger partial charge in [0.25, 0.3) is 0 Å². The maximum atomic E-state index is 6.17. The van der Waals surface area contributed by atoms with Crippen LogP contribution in [0.3, 0.4) is 0 Å². The fraction of sp³-hybridized carbons (Fsp3) is 0.480. The first-order chi connectivity index (χ1) is 14.8. The summed E-state index contributed by atoms with van der Waals surface area (Å²) in [4.78, 5) is 9.93. The Bertz CT molecular complexity index is 794. The monoisotopic (exact) mass is 534 g/mol. The molecule has 0 bridgehead atoms. The first kappa shape index (κ1) is 23.9. The molecule has 0 aliphatic carbocycles. The van der Waals surface area contributed by atoms with Crippen molar-refractivity contribution in [2.45, 2.75) is 25.9 Å². The Morgan fingerprint density at radius 1 is 1.00 bits per heavy atom. The number of ether oxygens (including phenoxy) is 1. The van der Waals surface area contributed by atoms with Crippen LogP contribution in [0.1, 0.15) is 31.4 Å². The van der Waals surface area contributed by atoms with Gasteiger partial charge in [0.1, 0.15) is 0 Å². The molecule has 168 valence electrons. The van der Waals surface area contributed by atoms with Crippen LogP contribution >= 0.6 is 24.0 Å². The largest absolute Gasteiger partial charge is 0.373 e. The highest BCUT2D eigenvalue weighted by atomic mass is 127. The third-order valence-corrected chi connectivity index (χ3v) is 6.08. The molecule has 2 aromatic rings. The van der Waals surface area contributed by atoms with Crippen LogP contribution in [-0.2, 0) is 4.74 Å². The average molecular weight is 534 g/mol. The fourth-order valence-electron chi connectivity index (χ4n) is 4.49. The van der Waals surface area contributed by atoms with E-state index in [1.54, 1.807) is 0 Å². The topological polar surface area (TPSA) is 40.1 Å². The highest BCUT2D eigenvalue weighted by Gasteiger charge is 2.28. The van der Waals surface area contributed by atoms with Crippen molar-refractivity contribution in [3.63, 3.8) is 0 Å². The van der Waals surface area contributed by atoms with Gasteiger partial charge in [0.15, 0.2) is 5.96 Å². The molecule has 2 aliphatic heterocycles. The fourth-order valence-corrected chi connectivity index (χ4v) is 4.49. The van der Waals surface area contributed by atoms with E-state index in [1.807, 2.05) is 0 Å². The zero-order valence-corrected chi connectivity index (χ0v) is 20.8. The van der Waals surface area contributed by atoms with Crippen LogP contribution < -0.4 is 10.2 Å². The van der Waals surface area contributed by atoms with Gasteiger partial charge >= 0.3 is 0 Å². The van der Waals surface area contributed by atoms with Crippen molar-refractivity contribution in [2.24, 2.45) is 10.9 Å². The summed E-state index contributed by atoms with van der Waals surface area (Å²) >= 11 is 0. The van der Waals surface area contributed by atoms with Crippen molar-refractivity contribution in [3.05, 3.63) is 66.2 Å². The molecule has 2 fully saturated rings. The molecular formula is C25H35IN4O. The third-order valence-electron chi connectivity index (χ3n) is 6.08. The minimum Gasteiger partial charge on any atom is -0.373 e. The van der Waals surface area contributed by atoms with Crippen LogP contribution in [-0.4, -0.2) is 56.7 Å². The Balaban J connectivity index is 0.00000272. The van der Waals surface area contributed by atoms with Gasteiger partial charge in [-0.05, 0) is 37.5 Å². The van der Waals surface area contributed by atoms with Gasteiger partial charge in [0.2, 0.25) is 0 Å². The van der Waals surface area contributed by atoms with Crippen LogP contribution in [0.4, 0.5) is 5.69 Å². The van der Waals surface area contributed by atoms with Crippen LogP contribution in [0.2, 0.25) is 0 Å². The normalized spacial score (nSPS) is 22.0. The van der Waals surface area contributed by atoms with E-state index >= 15 is 0 Å². The van der Waals surface area contributed by atoms with E-state index in [0.717, 1.165) is 58.3 Å². The van der Waals surface area contributed by atoms with Gasteiger partial charge in [-0.2, -0.15) is 0 Å². The zero-order valence-electron chi connectivity index (χ0n) is 18.5. The molecule has 0 spiro atoms. The minimum absolute atomic E-state index is 0. The Morgan fingerprint density at radius 2 is 1.68 bits per heavy atom. The second-order valence-electron chi connectivity index (χ2n) is 8.11. The highest BCUT2D eigenvalue weighted by Crippen LogP contribution is 2.33. The lowest BCUT2D eigenvalue weighted by atomic mass is 9.89. The zero-order chi connectivity index (χ0) is 20.6. The predicted octanol–water partition coefficient (Wildman–Crippen LogP) is 4.56. The highest BCUT2D eigenvalue weighted by molar-refractivity contribution is 14.0. The van der Waals surface area contributed by atoms with Gasteiger partial charge in [-0.1, -0.05) is 48.5 Å². The number of anilines is 1. The molecule has 2 aliphatic rings. The van der Waals surface area contributed by atoms with Gasteiger partial charge in [-0.15, -0.1) is 24.0 Å². The Labute approximate surface area is 203 Å². The number of guanidine groups is 1. The number of aliphatic imine (C=N–C) groups is 1. The molecule has 2 saturated heterocycles. The van der Waals surface area contributed by atoms with Gasteiger partial charge in [-0.3, -0.25) is 4.99 Å². The lowest BCUT2D eigenvalue weighted by Crippen LogP contribution is -2.52. The molecule has 1 N–H and O–H groups in total. The molecule has 2 unspecified atom stereocenters. The lowest BCUT2D eigenvalue weighted by Gasteiger charge is -2.38. The number of nitrogens with zero attached hydrogens (tertiary/aromatic N) is 3. The summed E-state index contributed by atoms with van der Waals surface area (Å²) in [6, 6.07) is 21.3. The van der Waals surface area contributed by atoms with Gasteiger partial charge in [0, 0.05) is 57.5 Å². The minimum atomic E-state index is 0. The predicted molar refractivity (Wildman–Crippen MR) is 139 cm³/mol. The molecule has 5 nitrogen and oxygen atoms in total. The van der Waals surface area contributed by atoms with E-state index in [-0.39, 0.29) is 30.1 Å². The summed E-state index contributed by atoms with van der Waals surface area (Å²) in [7, 11) is 0. The molecule has 6 heteroatoms. The van der Waals surface area contributed by atoms with E-state index in [1.165, 1.54) is 17.7 Å². The number of rotatable bonds is 5. The van der Waals surface area contributed by atoms with E-state index < -0.39 is 0 Å². The number of halogens is 1. The van der Waals surface area contributed by atoms with E-state index in [4.69, 9.17) is 9.73 Å². The molecule has 2 atom stereocenters. The summed E-state index contributed by atoms with van der Waals surface area (Å²) in [5, 5.41) is 3.52. The number of piperazine rings is 1. The Hall–Kier alpha value is -1.80. The molecule has 4 rings (SSSR count). The Kier molecular flexibility index (Phi) is 9.46. The molecule has 0 amide bonds. The van der Waals surface area contributed by atoms with Crippen LogP contribution in [0.15, 0.2) is 65.7 Å². The van der Waals surface area contributed by atoms with Crippen molar-refractivity contribution in [3.8, 4) is 0 Å². The van der Waals surface area contributed by atoms with Crippen molar-refractivity contribution >= 4 is 35.6 Å². The van der Waals surface area contributed by atoms with Gasteiger partial charge in [-0.25, -0.2) is 0 Å². The lowest BCUT2D eigenvalue weighted by molar-refractivity contribution is -0.0250. The maximum absolute atomic E-state index is 6.17. The van der Waals surface area contributed by atoms with Crippen molar-refractivity contribution in [1.29, 1.82) is 0 Å². The van der Waals surface area contributed by atoms with Gasteiger partial charge in [0.05, 0.1) is 6.10 Å². The maximum Gasteiger partial charge on any atom is 0.194 e. The number of benzene rings is 2. The van der Waals surface area contributed by atoms with E-state index in [2.05, 4.69) is 82.7 Å². The van der Waals surface area contributed by atoms with Crippen molar-refractivity contribution in [2.75, 3.05) is 50.8 Å². The quantitative estimate of drug-likeness (QED) is 0.347. The molecule has 2 aromatic carbocycles. The van der Waals surface area contributed by atoms with Crippen LogP contribution in [0.25, 0.3) is 0 Å². The molecule has 2 heterocycles. The summed E-state index contributed by atoms with van der Waals surface area (Å²) in [6.07, 6.45) is 2.45. The second kappa shape index (κ2) is 12.3. The summed E-state index contributed by atoms with van der Waals surface area (Å²) in [5.74, 6) is 1.48. The van der Waals surface area contributed by atoms with Crippen LogP contribution in [0, 0.1) is 5.92 Å². The summed E-state index contributed by atoms with van der Waals surface area (Å²) < 4.78 is 6.17. The first-order valence-corrected chi connectivity index (χ1v) is 11.3. The Morgan fingerprint density at radius 3 is 2.35 bits per heavy atom. The third kappa shape index (κ3) is 6.35. The van der Waals surface area contributed by atoms with Crippen LogP contribution in [0.5, 0.6) is 0 Å². The molecular weight excluding hydrogens is 499 g/mol. The van der Waals surface area contributed by atoms with E-state index in [9.17, 15) is 0 Å². The smallest absolute Gasteiger partial charge is 0.194 e. The van der Waals surface area contributed by atoms with Crippen molar-refractivity contribution in [1.82, 2.24) is 10.2 Å².